The number of methoxy groups -OCH3 is 1. The predicted molar refractivity (Wildman–Crippen MR) is 107 cm³/mol. The van der Waals surface area contributed by atoms with Gasteiger partial charge in [0.25, 0.3) is 0 Å². The molecule has 0 spiro atoms. The van der Waals surface area contributed by atoms with Crippen LogP contribution in [0.4, 0.5) is 0 Å². The molecule has 0 radical (unpaired) electrons. The molecule has 3 rings (SSSR count). The molecule has 0 fully saturated rings. The van der Waals surface area contributed by atoms with Gasteiger partial charge in [-0.15, -0.1) is 0 Å². The summed E-state index contributed by atoms with van der Waals surface area (Å²) in [5, 5.41) is 10.9. The third-order valence-electron chi connectivity index (χ3n) is 4.59. The van der Waals surface area contributed by atoms with Crippen molar-refractivity contribution in [3.05, 3.63) is 59.2 Å². The van der Waals surface area contributed by atoms with Crippen molar-refractivity contribution in [3.63, 3.8) is 0 Å². The number of carbonyl (C=O) groups excluding carboxylic acids is 4. The topological polar surface area (TPSA) is 112 Å². The number of carbonyl (C=O) groups is 4. The Bertz CT molecular complexity index is 1170. The zero-order valence-electron chi connectivity index (χ0n) is 16.6. The highest BCUT2D eigenvalue weighted by Crippen LogP contribution is 2.34. The van der Waals surface area contributed by atoms with E-state index in [2.05, 4.69) is 4.74 Å². The van der Waals surface area contributed by atoms with Crippen LogP contribution in [0.15, 0.2) is 42.5 Å². The summed E-state index contributed by atoms with van der Waals surface area (Å²) in [6.45, 7) is 2.38. The largest absolute Gasteiger partial charge is 0.494 e. The second-order valence-corrected chi connectivity index (χ2v) is 6.56. The van der Waals surface area contributed by atoms with Gasteiger partial charge in [0.2, 0.25) is 11.8 Å². The molecule has 0 atom stereocenters. The molecule has 0 aliphatic heterocycles. The molecular weight excluding hydrogens is 390 g/mol. The second kappa shape index (κ2) is 8.20. The van der Waals surface area contributed by atoms with Gasteiger partial charge in [0, 0.05) is 23.4 Å². The Hall–Kier alpha value is -3.94. The maximum atomic E-state index is 13.1. The van der Waals surface area contributed by atoms with Crippen molar-refractivity contribution in [2.45, 2.75) is 13.8 Å². The van der Waals surface area contributed by atoms with Crippen LogP contribution in [0.3, 0.4) is 0 Å². The van der Waals surface area contributed by atoms with Crippen LogP contribution >= 0.6 is 0 Å². The molecule has 0 saturated heterocycles. The lowest BCUT2D eigenvalue weighted by Gasteiger charge is -2.06. The van der Waals surface area contributed by atoms with Crippen molar-refractivity contribution < 1.29 is 33.8 Å². The van der Waals surface area contributed by atoms with Crippen LogP contribution in [0.2, 0.25) is 0 Å². The fourth-order valence-corrected chi connectivity index (χ4v) is 3.09. The summed E-state index contributed by atoms with van der Waals surface area (Å²) >= 11 is 0. The maximum absolute atomic E-state index is 13.1. The monoisotopic (exact) mass is 409 g/mol. The number of aromatic hydroxyl groups is 1. The van der Waals surface area contributed by atoms with Crippen LogP contribution < -0.4 is 4.74 Å². The molecule has 154 valence electrons. The van der Waals surface area contributed by atoms with Gasteiger partial charge in [-0.2, -0.15) is 0 Å². The fraction of sp³-hybridized carbons (Fsp3) is 0.182. The van der Waals surface area contributed by atoms with Gasteiger partial charge in [0.05, 0.1) is 18.2 Å². The molecule has 1 N–H and O–H groups in total. The summed E-state index contributed by atoms with van der Waals surface area (Å²) in [5.74, 6) is -1.90. The number of hydrogen-bond acceptors (Lipinski definition) is 7. The van der Waals surface area contributed by atoms with Crippen molar-refractivity contribution in [1.82, 2.24) is 4.57 Å². The molecule has 3 aromatic rings. The van der Waals surface area contributed by atoms with Gasteiger partial charge in [-0.05, 0) is 49.4 Å². The number of fused-ring (bicyclic) bond motifs is 1. The Kier molecular flexibility index (Phi) is 5.68. The highest BCUT2D eigenvalue weighted by Gasteiger charge is 2.25. The number of rotatable bonds is 6. The fourth-order valence-electron chi connectivity index (χ4n) is 3.09. The number of nitrogens with zero attached hydrogens (tertiary/aromatic N) is 1. The first kappa shape index (κ1) is 20.8. The van der Waals surface area contributed by atoms with E-state index in [9.17, 15) is 24.3 Å². The summed E-state index contributed by atoms with van der Waals surface area (Å²) in [4.78, 5) is 48.1. The van der Waals surface area contributed by atoms with Gasteiger partial charge in [-0.3, -0.25) is 19.0 Å². The zero-order chi connectivity index (χ0) is 22.0. The van der Waals surface area contributed by atoms with E-state index >= 15 is 0 Å². The van der Waals surface area contributed by atoms with Crippen LogP contribution in [-0.4, -0.2) is 46.8 Å². The summed E-state index contributed by atoms with van der Waals surface area (Å²) in [7, 11) is 1.24. The van der Waals surface area contributed by atoms with Crippen LogP contribution in [-0.2, 0) is 9.53 Å². The molecule has 0 amide bonds. The number of esters is 1. The smallest absolute Gasteiger partial charge is 0.343 e. The Morgan fingerprint density at radius 2 is 1.60 bits per heavy atom. The van der Waals surface area contributed by atoms with Gasteiger partial charge in [-0.25, -0.2) is 4.79 Å². The minimum Gasteiger partial charge on any atom is -0.494 e. The Morgan fingerprint density at radius 1 is 0.967 bits per heavy atom. The minimum atomic E-state index is -0.543. The van der Waals surface area contributed by atoms with Crippen LogP contribution in [0.1, 0.15) is 44.9 Å². The molecule has 30 heavy (non-hydrogen) atoms. The van der Waals surface area contributed by atoms with E-state index in [-0.39, 0.29) is 23.5 Å². The second-order valence-electron chi connectivity index (χ2n) is 6.56. The third-order valence-corrected chi connectivity index (χ3v) is 4.59. The summed E-state index contributed by atoms with van der Waals surface area (Å²) in [6, 6.07) is 10.5. The van der Waals surface area contributed by atoms with Crippen molar-refractivity contribution in [3.8, 4) is 11.6 Å². The molecule has 1 aromatic heterocycles. The summed E-state index contributed by atoms with van der Waals surface area (Å²) in [6.07, 6.45) is 0. The Morgan fingerprint density at radius 3 is 2.17 bits per heavy atom. The van der Waals surface area contributed by atoms with E-state index in [0.717, 1.165) is 4.57 Å². The van der Waals surface area contributed by atoms with Crippen LogP contribution in [0.25, 0.3) is 10.9 Å². The van der Waals surface area contributed by atoms with E-state index < -0.39 is 23.5 Å². The van der Waals surface area contributed by atoms with E-state index in [1.807, 2.05) is 0 Å². The predicted octanol–water partition coefficient (Wildman–Crippen LogP) is 2.99. The van der Waals surface area contributed by atoms with Crippen LogP contribution in [0.5, 0.6) is 11.6 Å². The zero-order valence-corrected chi connectivity index (χ0v) is 16.6. The van der Waals surface area contributed by atoms with E-state index in [0.29, 0.717) is 22.2 Å². The first-order valence-electron chi connectivity index (χ1n) is 8.98. The highest BCUT2D eigenvalue weighted by atomic mass is 16.6. The van der Waals surface area contributed by atoms with E-state index in [1.54, 1.807) is 0 Å². The normalized spacial score (nSPS) is 10.6. The molecule has 0 saturated carbocycles. The molecule has 0 aliphatic carbocycles. The Balaban J connectivity index is 2.04. The number of aromatic nitrogens is 1. The lowest BCUT2D eigenvalue weighted by Crippen LogP contribution is -2.12. The van der Waals surface area contributed by atoms with Gasteiger partial charge in [0.1, 0.15) is 5.75 Å². The maximum Gasteiger partial charge on any atom is 0.343 e. The highest BCUT2D eigenvalue weighted by molar-refractivity contribution is 6.20. The van der Waals surface area contributed by atoms with Crippen molar-refractivity contribution >= 4 is 34.3 Å². The molecule has 8 nitrogen and oxygen atoms in total. The van der Waals surface area contributed by atoms with Gasteiger partial charge in [0.15, 0.2) is 18.2 Å². The summed E-state index contributed by atoms with van der Waals surface area (Å²) < 4.78 is 10.8. The minimum absolute atomic E-state index is 0.0773. The standard InChI is InChI=1S/C22H19NO7/c1-12(24)15-6-9-18-17(10-15)20(22(28)23(18)13(2)25)21(27)14-4-7-16(8-5-14)30-11-19(26)29-3/h4-10,28H,11H2,1-3H3. The van der Waals surface area contributed by atoms with Gasteiger partial charge < -0.3 is 14.6 Å². The average molecular weight is 409 g/mol. The number of ketones is 2. The van der Waals surface area contributed by atoms with Crippen LogP contribution in [0, 0.1) is 0 Å². The quantitative estimate of drug-likeness (QED) is 0.492. The lowest BCUT2D eigenvalue weighted by atomic mass is 10.00. The van der Waals surface area contributed by atoms with E-state index in [1.165, 1.54) is 63.4 Å². The first-order valence-corrected chi connectivity index (χ1v) is 8.98. The molecule has 1 heterocycles. The third kappa shape index (κ3) is 3.80. The van der Waals surface area contributed by atoms with Crippen molar-refractivity contribution in [2.75, 3.05) is 13.7 Å². The first-order chi connectivity index (χ1) is 14.2. The SMILES string of the molecule is COC(=O)COc1ccc(C(=O)c2c(O)n(C(C)=O)c3ccc(C(C)=O)cc23)cc1. The lowest BCUT2D eigenvalue weighted by molar-refractivity contribution is -0.142. The van der Waals surface area contributed by atoms with E-state index in [4.69, 9.17) is 4.74 Å². The molecule has 0 aliphatic rings. The van der Waals surface area contributed by atoms with Crippen molar-refractivity contribution in [1.29, 1.82) is 0 Å². The molecular formula is C22H19NO7. The number of Topliss-reactive ketones (excluding diaryl/α,β-unsaturated/α-hetero) is 1. The van der Waals surface area contributed by atoms with Crippen molar-refractivity contribution in [2.24, 2.45) is 0 Å². The Labute approximate surface area is 171 Å². The summed E-state index contributed by atoms with van der Waals surface area (Å²) in [5.41, 5.74) is 0.827. The number of ether oxygens (including phenoxy) is 2. The molecule has 0 unspecified atom stereocenters. The molecule has 8 heteroatoms. The number of hydrogen-bond donors (Lipinski definition) is 1. The molecule has 0 bridgehead atoms. The van der Waals surface area contributed by atoms with Gasteiger partial charge in [-0.1, -0.05) is 0 Å². The molecule has 2 aromatic carbocycles. The number of benzene rings is 2. The average Bonchev–Trinajstić information content (AvgIpc) is 3.02. The van der Waals surface area contributed by atoms with Gasteiger partial charge >= 0.3 is 5.97 Å².